The van der Waals surface area contributed by atoms with E-state index in [0.29, 0.717) is 34.5 Å². The van der Waals surface area contributed by atoms with E-state index in [1.54, 1.807) is 43.3 Å². The molecule has 6 nitrogen and oxygen atoms in total. The number of amides is 2. The summed E-state index contributed by atoms with van der Waals surface area (Å²) in [6, 6.07) is 19.4. The molecule has 0 fully saturated rings. The fourth-order valence-electron chi connectivity index (χ4n) is 3.70. The summed E-state index contributed by atoms with van der Waals surface area (Å²) < 4.78 is 6.15. The molecule has 0 aliphatic carbocycles. The van der Waals surface area contributed by atoms with Crippen LogP contribution in [-0.4, -0.2) is 18.4 Å². The number of rotatable bonds is 5. The summed E-state index contributed by atoms with van der Waals surface area (Å²) in [5.74, 6) is -0.210. The maximum Gasteiger partial charge on any atom is 0.259 e. The van der Waals surface area contributed by atoms with Gasteiger partial charge in [-0.05, 0) is 50.6 Å². The predicted molar refractivity (Wildman–Crippen MR) is 130 cm³/mol. The number of fused-ring (bicyclic) bond motifs is 1. The minimum atomic E-state index is -0.428. The second-order valence-electron chi connectivity index (χ2n) is 7.78. The molecular weight excluding hydrogens is 416 g/mol. The molecule has 6 heteroatoms. The first-order valence-electron chi connectivity index (χ1n) is 10.7. The molecule has 0 atom stereocenters. The number of anilines is 1. The van der Waals surface area contributed by atoms with E-state index in [1.807, 2.05) is 44.2 Å². The molecule has 33 heavy (non-hydrogen) atoms. The van der Waals surface area contributed by atoms with Gasteiger partial charge < -0.3 is 15.1 Å². The number of benzene rings is 3. The SMILES string of the molecule is CCNC(=O)c1ccc(C)c(NC(=O)c2cccc3c(=O)c(C)c(-c4ccccc4)oc23)c1. The lowest BCUT2D eigenvalue weighted by atomic mass is 10.0. The first kappa shape index (κ1) is 22.0. The van der Waals surface area contributed by atoms with Gasteiger partial charge in [0.1, 0.15) is 5.76 Å². The lowest BCUT2D eigenvalue weighted by molar-refractivity contribution is 0.0954. The third-order valence-electron chi connectivity index (χ3n) is 5.51. The molecular formula is C27H24N2O4. The highest BCUT2D eigenvalue weighted by molar-refractivity contribution is 6.12. The Morgan fingerprint density at radius 3 is 2.39 bits per heavy atom. The number of carbonyl (C=O) groups excluding carboxylic acids is 2. The van der Waals surface area contributed by atoms with Crippen molar-refractivity contribution in [3.05, 3.63) is 99.2 Å². The number of hydrogen-bond acceptors (Lipinski definition) is 4. The Morgan fingerprint density at radius 1 is 0.909 bits per heavy atom. The van der Waals surface area contributed by atoms with E-state index in [2.05, 4.69) is 10.6 Å². The Hall–Kier alpha value is -4.19. The Morgan fingerprint density at radius 2 is 1.67 bits per heavy atom. The maximum absolute atomic E-state index is 13.3. The zero-order valence-electron chi connectivity index (χ0n) is 18.7. The molecule has 0 aliphatic rings. The lowest BCUT2D eigenvalue weighted by Crippen LogP contribution is -2.23. The van der Waals surface area contributed by atoms with Crippen molar-refractivity contribution < 1.29 is 14.0 Å². The van der Waals surface area contributed by atoms with E-state index in [4.69, 9.17) is 4.42 Å². The summed E-state index contributed by atoms with van der Waals surface area (Å²) >= 11 is 0. The van der Waals surface area contributed by atoms with Crippen LogP contribution in [0.2, 0.25) is 0 Å². The van der Waals surface area contributed by atoms with Crippen molar-refractivity contribution in [2.24, 2.45) is 0 Å². The Kier molecular flexibility index (Phi) is 6.09. The summed E-state index contributed by atoms with van der Waals surface area (Å²) in [7, 11) is 0. The standard InChI is InChI=1S/C27H24N2O4/c1-4-28-26(31)19-14-13-16(2)22(15-19)29-27(32)21-12-8-11-20-23(30)17(3)24(33-25(20)21)18-9-6-5-7-10-18/h5-15H,4H2,1-3H3,(H,28,31)(H,29,32). The number of aryl methyl sites for hydroxylation is 1. The van der Waals surface area contributed by atoms with Crippen LogP contribution in [0.4, 0.5) is 5.69 Å². The van der Waals surface area contributed by atoms with Crippen LogP contribution in [0.1, 0.15) is 38.8 Å². The van der Waals surface area contributed by atoms with Crippen LogP contribution < -0.4 is 16.1 Å². The predicted octanol–water partition coefficient (Wildman–Crippen LogP) is 5.08. The second-order valence-corrected chi connectivity index (χ2v) is 7.78. The zero-order valence-corrected chi connectivity index (χ0v) is 18.7. The van der Waals surface area contributed by atoms with Gasteiger partial charge in [0.25, 0.3) is 11.8 Å². The lowest BCUT2D eigenvalue weighted by Gasteiger charge is -2.13. The molecule has 2 N–H and O–H groups in total. The molecule has 3 aromatic carbocycles. The van der Waals surface area contributed by atoms with Crippen molar-refractivity contribution in [1.29, 1.82) is 0 Å². The number of carbonyl (C=O) groups is 2. The van der Waals surface area contributed by atoms with Gasteiger partial charge in [-0.15, -0.1) is 0 Å². The molecule has 4 aromatic rings. The summed E-state index contributed by atoms with van der Waals surface area (Å²) in [5.41, 5.74) is 3.29. The first-order chi connectivity index (χ1) is 15.9. The van der Waals surface area contributed by atoms with Crippen LogP contribution in [0.3, 0.4) is 0 Å². The van der Waals surface area contributed by atoms with Gasteiger partial charge in [0.2, 0.25) is 0 Å². The van der Waals surface area contributed by atoms with Gasteiger partial charge >= 0.3 is 0 Å². The van der Waals surface area contributed by atoms with E-state index < -0.39 is 5.91 Å². The quantitative estimate of drug-likeness (QED) is 0.453. The molecule has 0 radical (unpaired) electrons. The third kappa shape index (κ3) is 4.28. The molecule has 1 heterocycles. The molecule has 166 valence electrons. The second kappa shape index (κ2) is 9.12. The topological polar surface area (TPSA) is 88.4 Å². The first-order valence-corrected chi connectivity index (χ1v) is 10.7. The summed E-state index contributed by atoms with van der Waals surface area (Å²) in [6.07, 6.45) is 0. The summed E-state index contributed by atoms with van der Waals surface area (Å²) in [4.78, 5) is 38.5. The van der Waals surface area contributed by atoms with Crippen LogP contribution in [0, 0.1) is 13.8 Å². The van der Waals surface area contributed by atoms with Gasteiger partial charge in [-0.3, -0.25) is 14.4 Å². The third-order valence-corrected chi connectivity index (χ3v) is 5.51. The van der Waals surface area contributed by atoms with Gasteiger partial charge in [0.05, 0.1) is 10.9 Å². The van der Waals surface area contributed by atoms with Gasteiger partial charge in [0, 0.05) is 28.9 Å². The van der Waals surface area contributed by atoms with Crippen LogP contribution in [0.15, 0.2) is 75.9 Å². The van der Waals surface area contributed by atoms with E-state index in [0.717, 1.165) is 11.1 Å². The minimum absolute atomic E-state index is 0.181. The molecule has 0 saturated heterocycles. The van der Waals surface area contributed by atoms with Gasteiger partial charge in [-0.2, -0.15) is 0 Å². The fraction of sp³-hybridized carbons (Fsp3) is 0.148. The van der Waals surface area contributed by atoms with Crippen LogP contribution in [-0.2, 0) is 0 Å². The van der Waals surface area contributed by atoms with Crippen molar-refractivity contribution in [2.75, 3.05) is 11.9 Å². The van der Waals surface area contributed by atoms with Crippen LogP contribution in [0.5, 0.6) is 0 Å². The van der Waals surface area contributed by atoms with Gasteiger partial charge in [-0.1, -0.05) is 42.5 Å². The molecule has 0 unspecified atom stereocenters. The average molecular weight is 440 g/mol. The van der Waals surface area contributed by atoms with Gasteiger partial charge in [0.15, 0.2) is 11.0 Å². The molecule has 2 amide bonds. The smallest absolute Gasteiger partial charge is 0.259 e. The fourth-order valence-corrected chi connectivity index (χ4v) is 3.70. The van der Waals surface area contributed by atoms with Crippen LogP contribution in [0.25, 0.3) is 22.3 Å². The number of para-hydroxylation sites is 1. The zero-order chi connectivity index (χ0) is 23.5. The summed E-state index contributed by atoms with van der Waals surface area (Å²) in [5, 5.41) is 5.96. The number of nitrogens with one attached hydrogen (secondary N) is 2. The number of hydrogen-bond donors (Lipinski definition) is 2. The average Bonchev–Trinajstić information content (AvgIpc) is 2.83. The van der Waals surface area contributed by atoms with E-state index in [1.165, 1.54) is 0 Å². The highest BCUT2D eigenvalue weighted by atomic mass is 16.3. The minimum Gasteiger partial charge on any atom is -0.455 e. The molecule has 0 saturated carbocycles. The van der Waals surface area contributed by atoms with Crippen molar-refractivity contribution in [3.8, 4) is 11.3 Å². The Balaban J connectivity index is 1.78. The highest BCUT2D eigenvalue weighted by Gasteiger charge is 2.19. The summed E-state index contributed by atoms with van der Waals surface area (Å²) in [6.45, 7) is 5.91. The Labute approximate surface area is 191 Å². The van der Waals surface area contributed by atoms with Crippen molar-refractivity contribution in [2.45, 2.75) is 20.8 Å². The van der Waals surface area contributed by atoms with Crippen LogP contribution >= 0.6 is 0 Å². The van der Waals surface area contributed by atoms with E-state index >= 15 is 0 Å². The van der Waals surface area contributed by atoms with Crippen molar-refractivity contribution in [1.82, 2.24) is 5.32 Å². The molecule has 0 bridgehead atoms. The molecule has 0 spiro atoms. The Bertz CT molecular complexity index is 1420. The van der Waals surface area contributed by atoms with Crippen molar-refractivity contribution in [3.63, 3.8) is 0 Å². The molecule has 4 rings (SSSR count). The molecule has 1 aromatic heterocycles. The van der Waals surface area contributed by atoms with E-state index in [9.17, 15) is 14.4 Å². The largest absolute Gasteiger partial charge is 0.455 e. The maximum atomic E-state index is 13.3. The normalized spacial score (nSPS) is 10.8. The monoisotopic (exact) mass is 440 g/mol. The van der Waals surface area contributed by atoms with E-state index in [-0.39, 0.29) is 22.5 Å². The molecule has 0 aliphatic heterocycles. The van der Waals surface area contributed by atoms with Gasteiger partial charge in [-0.25, -0.2) is 0 Å². The highest BCUT2D eigenvalue weighted by Crippen LogP contribution is 2.28. The van der Waals surface area contributed by atoms with Crippen molar-refractivity contribution >= 4 is 28.5 Å².